The van der Waals surface area contributed by atoms with Gasteiger partial charge in [-0.25, -0.2) is 13.2 Å². The van der Waals surface area contributed by atoms with E-state index in [-0.39, 0.29) is 16.0 Å². The molecule has 0 aliphatic carbocycles. The summed E-state index contributed by atoms with van der Waals surface area (Å²) in [5.41, 5.74) is 1.86. The molecule has 0 fully saturated rings. The maximum absolute atomic E-state index is 13.3. The van der Waals surface area contributed by atoms with Gasteiger partial charge in [-0.05, 0) is 42.8 Å². The van der Waals surface area contributed by atoms with E-state index in [1.54, 1.807) is 73.7 Å². The Morgan fingerprint density at radius 1 is 0.938 bits per heavy atom. The Bertz CT molecular complexity index is 1440. The van der Waals surface area contributed by atoms with Gasteiger partial charge in [-0.2, -0.15) is 0 Å². The lowest BCUT2D eigenvalue weighted by Gasteiger charge is -2.12. The molecule has 0 spiro atoms. The fourth-order valence-corrected chi connectivity index (χ4v) is 4.83. The zero-order chi connectivity index (χ0) is 22.9. The molecule has 0 aliphatic heterocycles. The van der Waals surface area contributed by atoms with Crippen molar-refractivity contribution in [2.24, 2.45) is 0 Å². The number of benzene rings is 3. The minimum atomic E-state index is -3.92. The number of carbonyl (C=O) groups is 2. The van der Waals surface area contributed by atoms with Gasteiger partial charge in [-0.15, -0.1) is 0 Å². The Labute approximate surface area is 185 Å². The molecule has 7 nitrogen and oxygen atoms in total. The summed E-state index contributed by atoms with van der Waals surface area (Å²) >= 11 is 0. The van der Waals surface area contributed by atoms with E-state index in [4.69, 9.17) is 4.74 Å². The van der Waals surface area contributed by atoms with Gasteiger partial charge in [-0.3, -0.25) is 14.1 Å². The van der Waals surface area contributed by atoms with Gasteiger partial charge in [0.25, 0.3) is 15.9 Å². The normalized spacial score (nSPS) is 11.3. The van der Waals surface area contributed by atoms with Crippen LogP contribution in [0.1, 0.15) is 26.3 Å². The van der Waals surface area contributed by atoms with Crippen LogP contribution >= 0.6 is 0 Å². The van der Waals surface area contributed by atoms with Crippen molar-refractivity contribution in [3.63, 3.8) is 0 Å². The molecule has 0 atom stereocenters. The predicted octanol–water partition coefficient (Wildman–Crippen LogP) is 4.23. The third-order valence-corrected chi connectivity index (χ3v) is 6.61. The van der Waals surface area contributed by atoms with Crippen LogP contribution in [-0.4, -0.2) is 32.0 Å². The van der Waals surface area contributed by atoms with Gasteiger partial charge in [0, 0.05) is 22.8 Å². The Hall–Kier alpha value is -3.91. The fourth-order valence-electron chi connectivity index (χ4n) is 3.50. The molecule has 0 bridgehead atoms. The lowest BCUT2D eigenvalue weighted by atomic mass is 10.1. The summed E-state index contributed by atoms with van der Waals surface area (Å²) in [5, 5.41) is 0.568. The van der Waals surface area contributed by atoms with Crippen LogP contribution in [0.5, 0.6) is 0 Å². The molecule has 0 unspecified atom stereocenters. The third-order valence-electron chi connectivity index (χ3n) is 5.09. The van der Waals surface area contributed by atoms with E-state index < -0.39 is 21.9 Å². The molecule has 0 saturated carbocycles. The molecule has 8 heteroatoms. The number of hydrogen-bond donors (Lipinski definition) is 1. The highest BCUT2D eigenvalue weighted by Crippen LogP contribution is 2.25. The number of aryl methyl sites for hydroxylation is 1. The van der Waals surface area contributed by atoms with E-state index in [1.807, 2.05) is 0 Å². The van der Waals surface area contributed by atoms with Gasteiger partial charge >= 0.3 is 5.97 Å². The average Bonchev–Trinajstić information content (AvgIpc) is 3.18. The summed E-state index contributed by atoms with van der Waals surface area (Å²) in [5.74, 6) is -1.03. The first-order valence-corrected chi connectivity index (χ1v) is 11.2. The highest BCUT2D eigenvalue weighted by atomic mass is 32.2. The number of hydrogen-bond acceptors (Lipinski definition) is 5. The molecule has 1 aromatic heterocycles. The van der Waals surface area contributed by atoms with Gasteiger partial charge in [0.15, 0.2) is 0 Å². The number of methoxy groups -OCH3 is 1. The lowest BCUT2D eigenvalue weighted by Crippen LogP contribution is -2.17. The number of nitrogens with one attached hydrogen (secondary N) is 1. The van der Waals surface area contributed by atoms with Crippen LogP contribution in [0, 0.1) is 6.92 Å². The number of carbonyl (C=O) groups excluding carboxylic acids is 2. The van der Waals surface area contributed by atoms with Crippen molar-refractivity contribution in [1.29, 1.82) is 0 Å². The van der Waals surface area contributed by atoms with E-state index in [1.165, 1.54) is 23.9 Å². The maximum Gasteiger partial charge on any atom is 0.340 e. The molecule has 162 valence electrons. The van der Waals surface area contributed by atoms with Crippen LogP contribution in [-0.2, 0) is 14.8 Å². The molecular formula is C24H20N2O5S. The third kappa shape index (κ3) is 3.88. The van der Waals surface area contributed by atoms with Crippen LogP contribution in [0.3, 0.4) is 0 Å². The van der Waals surface area contributed by atoms with Crippen molar-refractivity contribution in [2.75, 3.05) is 11.8 Å². The number of anilines is 1. The SMILES string of the molecule is COC(=O)c1cn(C(=O)c2ccc(C)c(S(=O)(=O)Nc3ccccc3)c2)c2ccccc12. The first-order valence-electron chi connectivity index (χ1n) is 9.73. The van der Waals surface area contributed by atoms with Gasteiger partial charge in [0.05, 0.1) is 23.1 Å². The Morgan fingerprint density at radius 3 is 2.34 bits per heavy atom. The van der Waals surface area contributed by atoms with Crippen molar-refractivity contribution in [2.45, 2.75) is 11.8 Å². The van der Waals surface area contributed by atoms with Crippen molar-refractivity contribution in [3.8, 4) is 0 Å². The van der Waals surface area contributed by atoms with Crippen molar-refractivity contribution >= 4 is 38.5 Å². The molecule has 0 saturated heterocycles. The Balaban J connectivity index is 1.78. The van der Waals surface area contributed by atoms with E-state index >= 15 is 0 Å². The molecular weight excluding hydrogens is 428 g/mol. The number of esters is 1. The molecule has 3 aromatic carbocycles. The van der Waals surface area contributed by atoms with E-state index in [2.05, 4.69) is 4.72 Å². The molecule has 4 aromatic rings. The highest BCUT2D eigenvalue weighted by Gasteiger charge is 2.23. The van der Waals surface area contributed by atoms with Crippen LogP contribution in [0.2, 0.25) is 0 Å². The number of fused-ring (bicyclic) bond motifs is 1. The molecule has 4 rings (SSSR count). The minimum Gasteiger partial charge on any atom is -0.465 e. The number of nitrogens with zero attached hydrogens (tertiary/aromatic N) is 1. The number of rotatable bonds is 5. The summed E-state index contributed by atoms with van der Waals surface area (Å²) in [6.45, 7) is 1.66. The second-order valence-corrected chi connectivity index (χ2v) is 8.83. The zero-order valence-electron chi connectivity index (χ0n) is 17.4. The molecule has 1 heterocycles. The monoisotopic (exact) mass is 448 g/mol. The minimum absolute atomic E-state index is 0.00291. The van der Waals surface area contributed by atoms with E-state index in [0.29, 0.717) is 22.2 Å². The summed E-state index contributed by atoms with van der Waals surface area (Å²) in [6.07, 6.45) is 1.41. The van der Waals surface area contributed by atoms with E-state index in [9.17, 15) is 18.0 Å². The standard InChI is InChI=1S/C24H20N2O5S/c1-16-12-13-17(14-22(16)32(29,30)25-18-8-4-3-5-9-18)23(27)26-15-20(24(28)31-2)19-10-6-7-11-21(19)26/h3-15,25H,1-2H3. The molecule has 0 aliphatic rings. The Kier molecular flexibility index (Phi) is 5.54. The average molecular weight is 449 g/mol. The lowest BCUT2D eigenvalue weighted by molar-refractivity contribution is 0.0603. The van der Waals surface area contributed by atoms with Crippen molar-refractivity contribution in [3.05, 3.63) is 95.7 Å². The summed E-state index contributed by atoms with van der Waals surface area (Å²) in [4.78, 5) is 25.5. The maximum atomic E-state index is 13.3. The van der Waals surface area contributed by atoms with Crippen LogP contribution < -0.4 is 4.72 Å². The highest BCUT2D eigenvalue weighted by molar-refractivity contribution is 7.92. The second kappa shape index (κ2) is 8.32. The second-order valence-electron chi connectivity index (χ2n) is 7.18. The molecule has 0 radical (unpaired) electrons. The van der Waals surface area contributed by atoms with Crippen molar-refractivity contribution in [1.82, 2.24) is 4.57 Å². The topological polar surface area (TPSA) is 94.5 Å². The fraction of sp³-hybridized carbons (Fsp3) is 0.0833. The first-order chi connectivity index (χ1) is 15.3. The van der Waals surface area contributed by atoms with Gasteiger partial charge in [0.1, 0.15) is 0 Å². The first kappa shape index (κ1) is 21.3. The van der Waals surface area contributed by atoms with Gasteiger partial charge < -0.3 is 4.74 Å². The van der Waals surface area contributed by atoms with Gasteiger partial charge in [-0.1, -0.05) is 42.5 Å². The number of para-hydroxylation sites is 2. The van der Waals surface area contributed by atoms with Gasteiger partial charge in [0.2, 0.25) is 0 Å². The summed E-state index contributed by atoms with van der Waals surface area (Å²) in [7, 11) is -2.65. The van der Waals surface area contributed by atoms with Crippen LogP contribution in [0.25, 0.3) is 10.9 Å². The van der Waals surface area contributed by atoms with Crippen molar-refractivity contribution < 1.29 is 22.7 Å². The van der Waals surface area contributed by atoms with E-state index in [0.717, 1.165) is 0 Å². The number of ether oxygens (including phenoxy) is 1. The Morgan fingerprint density at radius 2 is 1.62 bits per heavy atom. The van der Waals surface area contributed by atoms with Crippen LogP contribution in [0.15, 0.2) is 83.9 Å². The molecule has 1 N–H and O–H groups in total. The number of aromatic nitrogens is 1. The molecule has 32 heavy (non-hydrogen) atoms. The quantitative estimate of drug-likeness (QED) is 0.461. The van der Waals surface area contributed by atoms with Crippen LogP contribution in [0.4, 0.5) is 5.69 Å². The smallest absolute Gasteiger partial charge is 0.340 e. The zero-order valence-corrected chi connectivity index (χ0v) is 18.2. The largest absolute Gasteiger partial charge is 0.465 e. The molecule has 0 amide bonds. The number of sulfonamides is 1. The summed E-state index contributed by atoms with van der Waals surface area (Å²) < 4.78 is 34.7. The predicted molar refractivity (Wildman–Crippen MR) is 121 cm³/mol. The summed E-state index contributed by atoms with van der Waals surface area (Å²) in [6, 6.07) is 19.9.